The minimum Gasteiger partial charge on any atom is -0.325 e. The molecule has 28 heavy (non-hydrogen) atoms. The molecule has 0 saturated carbocycles. The number of H-pyrrole nitrogens is 1. The molecule has 0 unspecified atom stereocenters. The molecule has 1 amide bonds. The first-order valence-electron chi connectivity index (χ1n) is 8.19. The van der Waals surface area contributed by atoms with Gasteiger partial charge < -0.3 is 5.32 Å². The van der Waals surface area contributed by atoms with Gasteiger partial charge in [0.25, 0.3) is 11.3 Å². The lowest BCUT2D eigenvalue weighted by Gasteiger charge is -2.04. The van der Waals surface area contributed by atoms with Crippen molar-refractivity contribution in [3.63, 3.8) is 0 Å². The molecule has 2 heterocycles. The van der Waals surface area contributed by atoms with E-state index in [2.05, 4.69) is 25.6 Å². The number of halogens is 1. The molecule has 0 fully saturated rings. The van der Waals surface area contributed by atoms with Crippen LogP contribution >= 0.6 is 11.8 Å². The molecule has 0 spiro atoms. The average molecular weight is 396 g/mol. The largest absolute Gasteiger partial charge is 0.325 e. The number of anilines is 1. The zero-order valence-electron chi connectivity index (χ0n) is 14.3. The van der Waals surface area contributed by atoms with Gasteiger partial charge in [-0.2, -0.15) is 9.61 Å². The van der Waals surface area contributed by atoms with E-state index in [0.29, 0.717) is 16.4 Å². The molecule has 4 rings (SSSR count). The molecule has 8 nitrogen and oxygen atoms in total. The van der Waals surface area contributed by atoms with Gasteiger partial charge in [0.1, 0.15) is 5.82 Å². The van der Waals surface area contributed by atoms with Gasteiger partial charge in [-0.15, -0.1) is 10.2 Å². The van der Waals surface area contributed by atoms with Crippen LogP contribution in [0.25, 0.3) is 17.0 Å². The summed E-state index contributed by atoms with van der Waals surface area (Å²) in [6.45, 7) is 0. The van der Waals surface area contributed by atoms with Gasteiger partial charge in [0.2, 0.25) is 11.1 Å². The Morgan fingerprint density at radius 2 is 1.86 bits per heavy atom. The average Bonchev–Trinajstić information content (AvgIpc) is 3.09. The summed E-state index contributed by atoms with van der Waals surface area (Å²) < 4.78 is 14.5. The second-order valence-electron chi connectivity index (χ2n) is 5.73. The lowest BCUT2D eigenvalue weighted by molar-refractivity contribution is -0.113. The van der Waals surface area contributed by atoms with Crippen molar-refractivity contribution in [3.8, 4) is 11.3 Å². The Hall–Kier alpha value is -3.53. The van der Waals surface area contributed by atoms with Gasteiger partial charge in [0.05, 0.1) is 5.75 Å². The summed E-state index contributed by atoms with van der Waals surface area (Å²) >= 11 is 1.13. The lowest BCUT2D eigenvalue weighted by atomic mass is 10.2. The molecule has 2 aromatic carbocycles. The topological polar surface area (TPSA) is 105 Å². The number of nitrogens with one attached hydrogen (secondary N) is 2. The standard InChI is InChI=1S/C18H13FN6O2S/c19-12-8-6-11(7-9-12)15-16(27)21-17-22-23-18(25(17)24-15)28-10-14(26)20-13-4-2-1-3-5-13/h1-9H,10H2,(H,20,26)(H,21,22,27). The first-order valence-corrected chi connectivity index (χ1v) is 9.18. The van der Waals surface area contributed by atoms with E-state index in [1.165, 1.54) is 28.8 Å². The van der Waals surface area contributed by atoms with Crippen LogP contribution in [0, 0.1) is 5.82 Å². The normalized spacial score (nSPS) is 10.9. The quantitative estimate of drug-likeness (QED) is 0.502. The number of hydrogen-bond donors (Lipinski definition) is 2. The first-order chi connectivity index (χ1) is 13.6. The minimum absolute atomic E-state index is 0.0857. The van der Waals surface area contributed by atoms with Crippen LogP contribution in [0.15, 0.2) is 64.5 Å². The van der Waals surface area contributed by atoms with Gasteiger partial charge in [-0.25, -0.2) is 4.39 Å². The van der Waals surface area contributed by atoms with Crippen LogP contribution in [0.2, 0.25) is 0 Å². The molecule has 10 heteroatoms. The molecule has 0 aliphatic rings. The Bertz CT molecular complexity index is 1190. The Morgan fingerprint density at radius 1 is 1.11 bits per heavy atom. The van der Waals surface area contributed by atoms with Crippen LogP contribution < -0.4 is 10.9 Å². The molecule has 0 radical (unpaired) electrons. The molecule has 0 aliphatic carbocycles. The monoisotopic (exact) mass is 396 g/mol. The van der Waals surface area contributed by atoms with Crippen LogP contribution in [-0.2, 0) is 4.79 Å². The van der Waals surface area contributed by atoms with Gasteiger partial charge >= 0.3 is 0 Å². The highest BCUT2D eigenvalue weighted by Gasteiger charge is 2.14. The van der Waals surface area contributed by atoms with Gasteiger partial charge in [-0.05, 0) is 36.4 Å². The van der Waals surface area contributed by atoms with Gasteiger partial charge in [-0.1, -0.05) is 30.0 Å². The summed E-state index contributed by atoms with van der Waals surface area (Å²) in [4.78, 5) is 26.9. The summed E-state index contributed by atoms with van der Waals surface area (Å²) in [5.74, 6) is -0.383. The minimum atomic E-state index is -0.468. The third-order valence-electron chi connectivity index (χ3n) is 3.76. The number of fused-ring (bicyclic) bond motifs is 1. The van der Waals surface area contributed by atoms with Crippen molar-refractivity contribution in [1.29, 1.82) is 0 Å². The molecule has 0 saturated heterocycles. The maximum Gasteiger partial charge on any atom is 0.279 e. The van der Waals surface area contributed by atoms with Crippen molar-refractivity contribution in [1.82, 2.24) is 24.8 Å². The zero-order valence-corrected chi connectivity index (χ0v) is 15.1. The molecule has 4 aromatic rings. The van der Waals surface area contributed by atoms with Crippen LogP contribution in [0.5, 0.6) is 0 Å². The fourth-order valence-electron chi connectivity index (χ4n) is 2.47. The molecular formula is C18H13FN6O2S. The number of para-hydroxylation sites is 1. The van der Waals surface area contributed by atoms with Crippen LogP contribution in [0.1, 0.15) is 0 Å². The van der Waals surface area contributed by atoms with Crippen molar-refractivity contribution in [2.24, 2.45) is 0 Å². The van der Waals surface area contributed by atoms with Gasteiger partial charge in [0.15, 0.2) is 5.69 Å². The number of nitrogens with zero attached hydrogens (tertiary/aromatic N) is 4. The molecular weight excluding hydrogens is 383 g/mol. The maximum absolute atomic E-state index is 13.1. The number of amides is 1. The third-order valence-corrected chi connectivity index (χ3v) is 4.68. The molecule has 0 bridgehead atoms. The van der Waals surface area contributed by atoms with Gasteiger partial charge in [0, 0.05) is 11.3 Å². The fraction of sp³-hybridized carbons (Fsp3) is 0.0556. The van der Waals surface area contributed by atoms with E-state index in [-0.39, 0.29) is 23.1 Å². The van der Waals surface area contributed by atoms with E-state index in [9.17, 15) is 14.0 Å². The van der Waals surface area contributed by atoms with E-state index in [0.717, 1.165) is 11.8 Å². The predicted octanol–water partition coefficient (Wildman–Crippen LogP) is 2.35. The Labute approximate surface area is 161 Å². The van der Waals surface area contributed by atoms with E-state index >= 15 is 0 Å². The smallest absolute Gasteiger partial charge is 0.279 e. The van der Waals surface area contributed by atoms with Crippen LogP contribution in [0.4, 0.5) is 10.1 Å². The number of aromatic amines is 1. The first kappa shape index (κ1) is 17.9. The highest BCUT2D eigenvalue weighted by Crippen LogP contribution is 2.18. The van der Waals surface area contributed by atoms with Crippen molar-refractivity contribution in [2.45, 2.75) is 5.16 Å². The Balaban J connectivity index is 1.56. The number of thioether (sulfide) groups is 1. The summed E-state index contributed by atoms with van der Waals surface area (Å²) in [5.41, 5.74) is 0.782. The summed E-state index contributed by atoms with van der Waals surface area (Å²) in [6.07, 6.45) is 0. The highest BCUT2D eigenvalue weighted by atomic mass is 32.2. The van der Waals surface area contributed by atoms with Crippen molar-refractivity contribution >= 4 is 29.1 Å². The molecule has 140 valence electrons. The predicted molar refractivity (Wildman–Crippen MR) is 103 cm³/mol. The van der Waals surface area contributed by atoms with Crippen LogP contribution in [-0.4, -0.2) is 36.5 Å². The summed E-state index contributed by atoms with van der Waals surface area (Å²) in [5, 5.41) is 15.2. The second-order valence-corrected chi connectivity index (χ2v) is 6.67. The number of aromatic nitrogens is 5. The summed E-state index contributed by atoms with van der Waals surface area (Å²) in [6, 6.07) is 14.5. The maximum atomic E-state index is 13.1. The second kappa shape index (κ2) is 7.61. The Kier molecular flexibility index (Phi) is 4.85. The van der Waals surface area contributed by atoms with E-state index in [1.807, 2.05) is 18.2 Å². The molecule has 2 N–H and O–H groups in total. The SMILES string of the molecule is O=C(CSc1nnc2[nH]c(=O)c(-c3ccc(F)cc3)nn12)Nc1ccccc1. The van der Waals surface area contributed by atoms with E-state index in [4.69, 9.17) is 0 Å². The van der Waals surface area contributed by atoms with E-state index in [1.54, 1.807) is 12.1 Å². The fourth-order valence-corrected chi connectivity index (χ4v) is 3.16. The van der Waals surface area contributed by atoms with Gasteiger partial charge in [-0.3, -0.25) is 14.6 Å². The number of rotatable bonds is 5. The van der Waals surface area contributed by atoms with Crippen molar-refractivity contribution < 1.29 is 9.18 Å². The van der Waals surface area contributed by atoms with Crippen molar-refractivity contribution in [2.75, 3.05) is 11.1 Å². The number of hydrogen-bond acceptors (Lipinski definition) is 6. The summed E-state index contributed by atoms with van der Waals surface area (Å²) in [7, 11) is 0. The Morgan fingerprint density at radius 3 is 2.61 bits per heavy atom. The van der Waals surface area contributed by atoms with E-state index < -0.39 is 11.4 Å². The number of carbonyl (C=O) groups excluding carboxylic acids is 1. The highest BCUT2D eigenvalue weighted by molar-refractivity contribution is 7.99. The molecule has 0 aliphatic heterocycles. The number of benzene rings is 2. The molecule has 2 aromatic heterocycles. The third kappa shape index (κ3) is 3.76. The van der Waals surface area contributed by atoms with Crippen molar-refractivity contribution in [3.05, 3.63) is 70.8 Å². The molecule has 0 atom stereocenters. The number of carbonyl (C=O) groups is 1. The zero-order chi connectivity index (χ0) is 19.5. The lowest BCUT2D eigenvalue weighted by Crippen LogP contribution is -2.16. The van der Waals surface area contributed by atoms with Crippen LogP contribution in [0.3, 0.4) is 0 Å².